The van der Waals surface area contributed by atoms with Gasteiger partial charge in [-0.3, -0.25) is 0 Å². The second kappa shape index (κ2) is 4.81. The van der Waals surface area contributed by atoms with Gasteiger partial charge in [0, 0.05) is 6.42 Å². The van der Waals surface area contributed by atoms with Gasteiger partial charge < -0.3 is 14.9 Å². The highest BCUT2D eigenvalue weighted by atomic mass is 16.8. The molecule has 15 heavy (non-hydrogen) atoms. The van der Waals surface area contributed by atoms with Crippen LogP contribution in [0, 0.1) is 5.41 Å². The molecule has 0 atom stereocenters. The molecule has 3 nitrogen and oxygen atoms in total. The molecule has 0 spiro atoms. The molecule has 0 fully saturated rings. The maximum atomic E-state index is 9.68. The predicted octanol–water partition coefficient (Wildman–Crippen LogP) is 2.66. The van der Waals surface area contributed by atoms with Gasteiger partial charge in [0.1, 0.15) is 0 Å². The molecule has 0 saturated carbocycles. The minimum absolute atomic E-state index is 0.143. The van der Waals surface area contributed by atoms with Gasteiger partial charge >= 0.3 is 0 Å². The summed E-state index contributed by atoms with van der Waals surface area (Å²) in [6.45, 7) is 11.8. The smallest absolute Gasteiger partial charge is 0.278 e. The van der Waals surface area contributed by atoms with Crippen LogP contribution in [-0.2, 0) is 4.74 Å². The molecule has 0 aliphatic rings. The molecule has 0 aromatic rings. The van der Waals surface area contributed by atoms with Crippen molar-refractivity contribution in [3.05, 3.63) is 0 Å². The zero-order valence-corrected chi connectivity index (χ0v) is 10.9. The molecule has 0 aromatic carbocycles. The first-order valence-corrected chi connectivity index (χ1v) is 5.67. The molecule has 92 valence electrons. The fourth-order valence-corrected chi connectivity index (χ4v) is 1.02. The van der Waals surface area contributed by atoms with Gasteiger partial charge in [0.2, 0.25) is 0 Å². The zero-order chi connectivity index (χ0) is 12.3. The van der Waals surface area contributed by atoms with E-state index in [1.54, 1.807) is 0 Å². The summed E-state index contributed by atoms with van der Waals surface area (Å²) < 4.78 is 5.40. The Morgan fingerprint density at radius 2 is 1.47 bits per heavy atom. The molecule has 0 bridgehead atoms. The van der Waals surface area contributed by atoms with Gasteiger partial charge in [0.05, 0.1) is 5.60 Å². The summed E-state index contributed by atoms with van der Waals surface area (Å²) in [5.74, 6) is -2.01. The summed E-state index contributed by atoms with van der Waals surface area (Å²) in [5.41, 5.74) is -0.722. The lowest BCUT2D eigenvalue weighted by atomic mass is 9.79. The van der Waals surface area contributed by atoms with E-state index in [9.17, 15) is 10.2 Å². The van der Waals surface area contributed by atoms with Crippen molar-refractivity contribution in [2.75, 3.05) is 0 Å². The van der Waals surface area contributed by atoms with Crippen molar-refractivity contribution in [2.24, 2.45) is 5.41 Å². The number of ether oxygens (including phenoxy) is 1. The van der Waals surface area contributed by atoms with E-state index in [0.29, 0.717) is 0 Å². The minimum atomic E-state index is -2.01. The molecule has 2 N–H and O–H groups in total. The number of hydrogen-bond acceptors (Lipinski definition) is 3. The molecule has 0 aliphatic carbocycles. The lowest BCUT2D eigenvalue weighted by Crippen LogP contribution is -2.48. The van der Waals surface area contributed by atoms with Crippen molar-refractivity contribution < 1.29 is 14.9 Å². The quantitative estimate of drug-likeness (QED) is 0.697. The van der Waals surface area contributed by atoms with Crippen LogP contribution in [0.25, 0.3) is 0 Å². The molecule has 0 saturated heterocycles. The second-order valence-corrected chi connectivity index (χ2v) is 5.71. The standard InChI is InChI=1S/C12H26O3/c1-7-8-9-12(13,14)15-11(5,6)10(2,3)4/h13-14H,7-9H2,1-6H3. The van der Waals surface area contributed by atoms with Gasteiger partial charge in [-0.1, -0.05) is 34.1 Å². The fraction of sp³-hybridized carbons (Fsp3) is 1.00. The van der Waals surface area contributed by atoms with Gasteiger partial charge in [-0.2, -0.15) is 0 Å². The minimum Gasteiger partial charge on any atom is -0.343 e. The first-order valence-electron chi connectivity index (χ1n) is 5.67. The van der Waals surface area contributed by atoms with Gasteiger partial charge in [0.25, 0.3) is 5.97 Å². The number of unbranched alkanes of at least 4 members (excludes halogenated alkanes) is 1. The highest BCUT2D eigenvalue weighted by Gasteiger charge is 2.40. The third-order valence-electron chi connectivity index (χ3n) is 3.08. The van der Waals surface area contributed by atoms with E-state index in [0.717, 1.165) is 12.8 Å². The third kappa shape index (κ3) is 4.96. The summed E-state index contributed by atoms with van der Waals surface area (Å²) in [5, 5.41) is 19.4. The molecule has 0 radical (unpaired) electrons. The Morgan fingerprint density at radius 1 is 1.00 bits per heavy atom. The average molecular weight is 218 g/mol. The van der Waals surface area contributed by atoms with Crippen LogP contribution in [0.5, 0.6) is 0 Å². The summed E-state index contributed by atoms with van der Waals surface area (Å²) in [4.78, 5) is 0. The topological polar surface area (TPSA) is 49.7 Å². The van der Waals surface area contributed by atoms with Gasteiger partial charge in [0.15, 0.2) is 0 Å². The van der Waals surface area contributed by atoms with E-state index in [4.69, 9.17) is 4.74 Å². The van der Waals surface area contributed by atoms with Crippen molar-refractivity contribution in [2.45, 2.75) is 72.4 Å². The Hall–Kier alpha value is -0.120. The first kappa shape index (κ1) is 14.9. The SMILES string of the molecule is CCCCC(O)(O)OC(C)(C)C(C)(C)C. The van der Waals surface area contributed by atoms with E-state index in [2.05, 4.69) is 0 Å². The third-order valence-corrected chi connectivity index (χ3v) is 3.08. The number of hydrogen-bond donors (Lipinski definition) is 2. The van der Waals surface area contributed by atoms with E-state index >= 15 is 0 Å². The van der Waals surface area contributed by atoms with Crippen LogP contribution in [0.1, 0.15) is 60.8 Å². The molecule has 0 aliphatic heterocycles. The molecular formula is C12H26O3. The Morgan fingerprint density at radius 3 is 1.80 bits per heavy atom. The van der Waals surface area contributed by atoms with Gasteiger partial charge in [-0.25, -0.2) is 0 Å². The first-order chi connectivity index (χ1) is 6.52. The van der Waals surface area contributed by atoms with Gasteiger partial charge in [-0.15, -0.1) is 0 Å². The van der Waals surface area contributed by atoms with Gasteiger partial charge in [-0.05, 0) is 25.7 Å². The van der Waals surface area contributed by atoms with Crippen molar-refractivity contribution in [3.8, 4) is 0 Å². The maximum absolute atomic E-state index is 9.68. The van der Waals surface area contributed by atoms with Crippen LogP contribution in [0.3, 0.4) is 0 Å². The van der Waals surface area contributed by atoms with Crippen molar-refractivity contribution in [1.82, 2.24) is 0 Å². The van der Waals surface area contributed by atoms with Crippen LogP contribution < -0.4 is 0 Å². The number of aliphatic hydroxyl groups is 2. The summed E-state index contributed by atoms with van der Waals surface area (Å²) >= 11 is 0. The highest BCUT2D eigenvalue weighted by Crippen LogP contribution is 2.36. The van der Waals surface area contributed by atoms with E-state index in [1.165, 1.54) is 0 Å². The summed E-state index contributed by atoms with van der Waals surface area (Å²) in [6.07, 6.45) is 1.92. The van der Waals surface area contributed by atoms with Crippen LogP contribution >= 0.6 is 0 Å². The van der Waals surface area contributed by atoms with E-state index in [-0.39, 0.29) is 11.8 Å². The lowest BCUT2D eigenvalue weighted by molar-refractivity contribution is -0.386. The van der Waals surface area contributed by atoms with Crippen molar-refractivity contribution in [1.29, 1.82) is 0 Å². The highest BCUT2D eigenvalue weighted by molar-refractivity contribution is 4.84. The molecule has 0 unspecified atom stereocenters. The monoisotopic (exact) mass is 218 g/mol. The van der Waals surface area contributed by atoms with Crippen molar-refractivity contribution >= 4 is 0 Å². The Kier molecular flexibility index (Phi) is 4.77. The maximum Gasteiger partial charge on any atom is 0.278 e. The number of rotatable bonds is 5. The van der Waals surface area contributed by atoms with Crippen LogP contribution in [0.2, 0.25) is 0 Å². The second-order valence-electron chi connectivity index (χ2n) is 5.71. The molecular weight excluding hydrogens is 192 g/mol. The molecule has 0 amide bonds. The summed E-state index contributed by atoms with van der Waals surface area (Å²) in [7, 11) is 0. The normalized spacial score (nSPS) is 14.4. The molecule has 0 rings (SSSR count). The van der Waals surface area contributed by atoms with E-state index < -0.39 is 11.6 Å². The Labute approximate surface area is 93.5 Å². The average Bonchev–Trinajstić information content (AvgIpc) is 1.96. The fourth-order valence-electron chi connectivity index (χ4n) is 1.02. The molecule has 0 heterocycles. The summed E-state index contributed by atoms with van der Waals surface area (Å²) in [6, 6.07) is 0. The van der Waals surface area contributed by atoms with Crippen LogP contribution in [-0.4, -0.2) is 21.8 Å². The Bertz CT molecular complexity index is 190. The van der Waals surface area contributed by atoms with Crippen LogP contribution in [0.4, 0.5) is 0 Å². The molecule has 3 heteroatoms. The lowest BCUT2D eigenvalue weighted by Gasteiger charge is -2.42. The largest absolute Gasteiger partial charge is 0.343 e. The molecule has 0 aromatic heterocycles. The Balaban J connectivity index is 4.43. The van der Waals surface area contributed by atoms with E-state index in [1.807, 2.05) is 41.5 Å². The van der Waals surface area contributed by atoms with Crippen molar-refractivity contribution in [3.63, 3.8) is 0 Å². The zero-order valence-electron chi connectivity index (χ0n) is 10.9. The van der Waals surface area contributed by atoms with Crippen LogP contribution in [0.15, 0.2) is 0 Å². The predicted molar refractivity (Wildman–Crippen MR) is 61.3 cm³/mol.